The third-order valence-corrected chi connectivity index (χ3v) is 5.12. The Kier molecular flexibility index (Phi) is 5.83. The van der Waals surface area contributed by atoms with E-state index in [0.29, 0.717) is 28.6 Å². The van der Waals surface area contributed by atoms with Gasteiger partial charge in [-0.25, -0.2) is 0 Å². The molecule has 0 fully saturated rings. The summed E-state index contributed by atoms with van der Waals surface area (Å²) in [5.74, 6) is 1.39. The monoisotopic (exact) mass is 416 g/mol. The van der Waals surface area contributed by atoms with Gasteiger partial charge >= 0.3 is 0 Å². The molecule has 2 aromatic carbocycles. The second-order valence-corrected chi connectivity index (χ2v) is 7.85. The molecule has 158 valence electrons. The number of fused-ring (bicyclic) bond motifs is 1. The van der Waals surface area contributed by atoms with Crippen LogP contribution in [0, 0.1) is 11.3 Å². The summed E-state index contributed by atoms with van der Waals surface area (Å²) in [4.78, 5) is 9.22. The van der Waals surface area contributed by atoms with E-state index in [0.717, 1.165) is 35.2 Å². The van der Waals surface area contributed by atoms with Crippen molar-refractivity contribution in [2.75, 3.05) is 6.61 Å². The standard InChI is InChI=1S/C24H24N4O3/c1-14(2)30-22-10-7-16(11-17(22)12-25)24-27-23(28-31-24)20-6-4-5-19-18(20)8-9-21(19)26-15(3)13-29/h4-7,10-11,14-15,29H,8-9,13H2,1-3H3/t15-/m0/s1. The highest BCUT2D eigenvalue weighted by molar-refractivity contribution is 6.06. The van der Waals surface area contributed by atoms with Crippen molar-refractivity contribution in [3.63, 3.8) is 0 Å². The Labute approximate surface area is 181 Å². The lowest BCUT2D eigenvalue weighted by molar-refractivity contribution is 0.241. The number of aliphatic hydroxyl groups is 1. The summed E-state index contributed by atoms with van der Waals surface area (Å²) in [7, 11) is 0. The number of aromatic nitrogens is 2. The first kappa shape index (κ1) is 20.8. The largest absolute Gasteiger partial charge is 0.490 e. The molecule has 0 unspecified atom stereocenters. The SMILES string of the molecule is CC(C)Oc1ccc(-c2nc(-c3cccc4c3CCC4=N[C@@H](C)CO)no2)cc1C#N. The lowest BCUT2D eigenvalue weighted by atomic mass is 10.0. The zero-order valence-electron chi connectivity index (χ0n) is 17.8. The van der Waals surface area contributed by atoms with Crippen LogP contribution in [0.25, 0.3) is 22.8 Å². The second-order valence-electron chi connectivity index (χ2n) is 7.85. The molecule has 0 aliphatic heterocycles. The number of ether oxygens (including phenoxy) is 1. The smallest absolute Gasteiger partial charge is 0.258 e. The van der Waals surface area contributed by atoms with Crippen LogP contribution in [0.3, 0.4) is 0 Å². The van der Waals surface area contributed by atoms with Crippen molar-refractivity contribution in [2.24, 2.45) is 4.99 Å². The van der Waals surface area contributed by atoms with E-state index in [1.54, 1.807) is 12.1 Å². The minimum Gasteiger partial charge on any atom is -0.490 e. The third kappa shape index (κ3) is 4.21. The van der Waals surface area contributed by atoms with Gasteiger partial charge in [0.25, 0.3) is 5.89 Å². The highest BCUT2D eigenvalue weighted by Gasteiger charge is 2.24. The number of nitriles is 1. The van der Waals surface area contributed by atoms with E-state index in [1.165, 1.54) is 0 Å². The van der Waals surface area contributed by atoms with Crippen LogP contribution >= 0.6 is 0 Å². The summed E-state index contributed by atoms with van der Waals surface area (Å²) in [6.45, 7) is 5.75. The van der Waals surface area contributed by atoms with Gasteiger partial charge in [-0.05, 0) is 62.9 Å². The molecule has 0 spiro atoms. The molecular weight excluding hydrogens is 392 g/mol. The highest BCUT2D eigenvalue weighted by atomic mass is 16.5. The molecule has 0 saturated heterocycles. The topological polar surface area (TPSA) is 105 Å². The molecule has 7 heteroatoms. The Hall–Kier alpha value is -3.50. The Morgan fingerprint density at radius 2 is 2.00 bits per heavy atom. The summed E-state index contributed by atoms with van der Waals surface area (Å²) >= 11 is 0. The highest BCUT2D eigenvalue weighted by Crippen LogP contribution is 2.33. The van der Waals surface area contributed by atoms with E-state index in [9.17, 15) is 10.4 Å². The van der Waals surface area contributed by atoms with Crippen LogP contribution in [0.2, 0.25) is 0 Å². The molecule has 0 bridgehead atoms. The Bertz CT molecular complexity index is 1170. The van der Waals surface area contributed by atoms with Gasteiger partial charge in [0.1, 0.15) is 11.8 Å². The maximum Gasteiger partial charge on any atom is 0.258 e. The third-order valence-electron chi connectivity index (χ3n) is 5.12. The maximum absolute atomic E-state index is 9.47. The summed E-state index contributed by atoms with van der Waals surface area (Å²) in [6.07, 6.45) is 1.64. The second kappa shape index (κ2) is 8.70. The van der Waals surface area contributed by atoms with E-state index < -0.39 is 0 Å². The Morgan fingerprint density at radius 3 is 2.74 bits per heavy atom. The van der Waals surface area contributed by atoms with Gasteiger partial charge in [0.05, 0.1) is 24.3 Å². The molecule has 1 atom stereocenters. The quantitative estimate of drug-likeness (QED) is 0.646. The van der Waals surface area contributed by atoms with E-state index >= 15 is 0 Å². The average Bonchev–Trinajstić information content (AvgIpc) is 3.41. The van der Waals surface area contributed by atoms with Gasteiger partial charge in [0.2, 0.25) is 5.82 Å². The normalized spacial score (nSPS) is 15.2. The first-order valence-electron chi connectivity index (χ1n) is 10.3. The number of hydrogen-bond acceptors (Lipinski definition) is 7. The maximum atomic E-state index is 9.47. The molecule has 1 aromatic heterocycles. The van der Waals surface area contributed by atoms with Gasteiger partial charge in [-0.1, -0.05) is 23.4 Å². The van der Waals surface area contributed by atoms with Crippen molar-refractivity contribution in [3.05, 3.63) is 53.1 Å². The molecule has 4 rings (SSSR count). The van der Waals surface area contributed by atoms with Crippen LogP contribution in [0.4, 0.5) is 0 Å². The fourth-order valence-electron chi connectivity index (χ4n) is 3.71. The van der Waals surface area contributed by atoms with E-state index in [4.69, 9.17) is 9.26 Å². The summed E-state index contributed by atoms with van der Waals surface area (Å²) in [6, 6.07) is 13.3. The first-order chi connectivity index (χ1) is 15.0. The molecule has 0 amide bonds. The van der Waals surface area contributed by atoms with E-state index in [-0.39, 0.29) is 18.8 Å². The fraction of sp³-hybridized carbons (Fsp3) is 0.333. The number of rotatable bonds is 6. The average molecular weight is 416 g/mol. The van der Waals surface area contributed by atoms with Crippen molar-refractivity contribution in [2.45, 2.75) is 45.8 Å². The number of aliphatic hydroxyl groups excluding tert-OH is 1. The van der Waals surface area contributed by atoms with Crippen LogP contribution in [-0.4, -0.2) is 39.7 Å². The van der Waals surface area contributed by atoms with Gasteiger partial charge < -0.3 is 14.4 Å². The Morgan fingerprint density at radius 1 is 1.19 bits per heavy atom. The van der Waals surface area contributed by atoms with Crippen LogP contribution in [-0.2, 0) is 6.42 Å². The van der Waals surface area contributed by atoms with E-state index in [1.807, 2.05) is 45.0 Å². The van der Waals surface area contributed by atoms with Crippen LogP contribution in [0.1, 0.15) is 43.9 Å². The van der Waals surface area contributed by atoms with Gasteiger partial charge in [-0.15, -0.1) is 0 Å². The zero-order valence-corrected chi connectivity index (χ0v) is 17.8. The predicted molar refractivity (Wildman–Crippen MR) is 117 cm³/mol. The van der Waals surface area contributed by atoms with Crippen molar-refractivity contribution >= 4 is 5.71 Å². The summed E-state index contributed by atoms with van der Waals surface area (Å²) in [5.41, 5.74) is 5.21. The molecule has 31 heavy (non-hydrogen) atoms. The van der Waals surface area contributed by atoms with Gasteiger partial charge in [-0.3, -0.25) is 4.99 Å². The van der Waals surface area contributed by atoms with E-state index in [2.05, 4.69) is 21.2 Å². The zero-order chi connectivity index (χ0) is 22.0. The molecule has 1 aliphatic rings. The lowest BCUT2D eigenvalue weighted by Gasteiger charge is -2.11. The van der Waals surface area contributed by atoms with Gasteiger partial charge in [0.15, 0.2) is 0 Å². The number of aliphatic imine (C=N–C) groups is 1. The van der Waals surface area contributed by atoms with Crippen LogP contribution < -0.4 is 4.74 Å². The van der Waals surface area contributed by atoms with Crippen molar-refractivity contribution in [1.82, 2.24) is 10.1 Å². The lowest BCUT2D eigenvalue weighted by Crippen LogP contribution is -2.08. The van der Waals surface area contributed by atoms with Gasteiger partial charge in [-0.2, -0.15) is 10.2 Å². The van der Waals surface area contributed by atoms with Crippen molar-refractivity contribution in [3.8, 4) is 34.7 Å². The molecule has 0 saturated carbocycles. The molecular formula is C24H24N4O3. The minimum atomic E-state index is -0.127. The van der Waals surface area contributed by atoms with Crippen LogP contribution in [0.5, 0.6) is 5.75 Å². The van der Waals surface area contributed by atoms with Crippen molar-refractivity contribution in [1.29, 1.82) is 5.26 Å². The number of benzene rings is 2. The first-order valence-corrected chi connectivity index (χ1v) is 10.3. The summed E-state index contributed by atoms with van der Waals surface area (Å²) < 4.78 is 11.2. The van der Waals surface area contributed by atoms with Gasteiger partial charge in [0, 0.05) is 16.8 Å². The summed E-state index contributed by atoms with van der Waals surface area (Å²) in [5, 5.41) is 23.0. The fourth-order valence-corrected chi connectivity index (χ4v) is 3.71. The number of hydrogen-bond donors (Lipinski definition) is 1. The molecule has 1 aliphatic carbocycles. The molecule has 3 aromatic rings. The predicted octanol–water partition coefficient (Wildman–Crippen LogP) is 4.18. The minimum absolute atomic E-state index is 0.0260. The van der Waals surface area contributed by atoms with Crippen LogP contribution in [0.15, 0.2) is 45.9 Å². The van der Waals surface area contributed by atoms with Crippen molar-refractivity contribution < 1.29 is 14.4 Å². The molecule has 1 heterocycles. The molecule has 7 nitrogen and oxygen atoms in total. The molecule has 1 N–H and O–H groups in total. The molecule has 0 radical (unpaired) electrons. The number of nitrogens with zero attached hydrogens (tertiary/aromatic N) is 4. The Balaban J connectivity index is 1.67.